The van der Waals surface area contributed by atoms with E-state index in [9.17, 15) is 19.5 Å². The van der Waals surface area contributed by atoms with Gasteiger partial charge in [-0.3, -0.25) is 14.4 Å². The minimum Gasteiger partial charge on any atom is -0.469 e. The normalized spacial score (nSPS) is 15.9. The third-order valence-electron chi connectivity index (χ3n) is 4.46. The highest BCUT2D eigenvalue weighted by atomic mass is 16.3. The zero-order valence-electron chi connectivity index (χ0n) is 15.6. The van der Waals surface area contributed by atoms with Crippen LogP contribution >= 0.6 is 0 Å². The van der Waals surface area contributed by atoms with Crippen LogP contribution in [0.1, 0.15) is 25.5 Å². The van der Waals surface area contributed by atoms with Crippen LogP contribution in [0.5, 0.6) is 0 Å². The molecule has 0 saturated carbocycles. The first-order chi connectivity index (χ1) is 13.3. The Kier molecular flexibility index (Phi) is 5.79. The lowest BCUT2D eigenvalue weighted by atomic mass is 10.0. The monoisotopic (exact) mass is 385 g/mol. The molecule has 1 fully saturated rings. The van der Waals surface area contributed by atoms with Gasteiger partial charge in [0.2, 0.25) is 5.91 Å². The number of aliphatic hydroxyl groups is 1. The molecule has 1 aliphatic heterocycles. The number of hydrogen-bond donors (Lipinski definition) is 3. The largest absolute Gasteiger partial charge is 0.469 e. The van der Waals surface area contributed by atoms with Gasteiger partial charge in [0.25, 0.3) is 0 Å². The lowest BCUT2D eigenvalue weighted by Gasteiger charge is -2.22. The summed E-state index contributed by atoms with van der Waals surface area (Å²) in [6.45, 7) is 2.08. The number of nitrogens with one attached hydrogen (secondary N) is 2. The Bertz CT molecular complexity index is 860. The van der Waals surface area contributed by atoms with E-state index in [0.29, 0.717) is 30.1 Å². The maximum atomic E-state index is 12.1. The van der Waals surface area contributed by atoms with E-state index in [4.69, 9.17) is 4.42 Å². The maximum absolute atomic E-state index is 12.1. The van der Waals surface area contributed by atoms with Gasteiger partial charge in [0.15, 0.2) is 0 Å². The Morgan fingerprint density at radius 2 is 2.07 bits per heavy atom. The van der Waals surface area contributed by atoms with Crippen molar-refractivity contribution in [1.29, 1.82) is 0 Å². The summed E-state index contributed by atoms with van der Waals surface area (Å²) in [6, 6.07) is 10.2. The van der Waals surface area contributed by atoms with Crippen LogP contribution in [-0.2, 0) is 20.8 Å². The minimum absolute atomic E-state index is 0.0417. The molecule has 3 N–H and O–H groups in total. The summed E-state index contributed by atoms with van der Waals surface area (Å²) in [5.41, 5.74) is -0.161. The van der Waals surface area contributed by atoms with Crippen molar-refractivity contribution in [2.24, 2.45) is 0 Å². The molecule has 148 valence electrons. The molecule has 1 unspecified atom stereocenters. The van der Waals surface area contributed by atoms with Gasteiger partial charge in [0.05, 0.1) is 11.9 Å². The number of amides is 3. The van der Waals surface area contributed by atoms with Gasteiger partial charge in [-0.05, 0) is 43.7 Å². The fraction of sp³-hybridized carbons (Fsp3) is 0.350. The van der Waals surface area contributed by atoms with E-state index in [1.807, 2.05) is 0 Å². The second kappa shape index (κ2) is 8.26. The van der Waals surface area contributed by atoms with Crippen LogP contribution in [-0.4, -0.2) is 41.5 Å². The molecule has 8 heteroatoms. The summed E-state index contributed by atoms with van der Waals surface area (Å²) >= 11 is 0. The Morgan fingerprint density at radius 3 is 2.75 bits per heavy atom. The quantitative estimate of drug-likeness (QED) is 0.652. The zero-order chi connectivity index (χ0) is 20.1. The lowest BCUT2D eigenvalue weighted by Crippen LogP contribution is -2.45. The fourth-order valence-electron chi connectivity index (χ4n) is 3.06. The summed E-state index contributed by atoms with van der Waals surface area (Å²) in [7, 11) is 0. The van der Waals surface area contributed by atoms with Crippen molar-refractivity contribution >= 4 is 29.1 Å². The summed E-state index contributed by atoms with van der Waals surface area (Å²) in [5, 5.41) is 15.3. The molecule has 0 spiro atoms. The van der Waals surface area contributed by atoms with Crippen molar-refractivity contribution < 1.29 is 23.9 Å². The van der Waals surface area contributed by atoms with Gasteiger partial charge in [0, 0.05) is 37.3 Å². The van der Waals surface area contributed by atoms with Crippen LogP contribution in [0.15, 0.2) is 47.1 Å². The molecule has 2 aromatic rings. The highest BCUT2D eigenvalue weighted by Crippen LogP contribution is 2.24. The van der Waals surface area contributed by atoms with E-state index in [1.165, 1.54) is 6.26 Å². The van der Waals surface area contributed by atoms with Gasteiger partial charge in [0.1, 0.15) is 5.76 Å². The van der Waals surface area contributed by atoms with Crippen LogP contribution in [0.2, 0.25) is 0 Å². The smallest absolute Gasteiger partial charge is 0.313 e. The fourth-order valence-corrected chi connectivity index (χ4v) is 3.06. The maximum Gasteiger partial charge on any atom is 0.313 e. The molecule has 1 aliphatic rings. The number of benzene rings is 1. The molecular formula is C20H23N3O5. The number of rotatable bonds is 6. The topological polar surface area (TPSA) is 112 Å². The van der Waals surface area contributed by atoms with Crippen LogP contribution in [0.4, 0.5) is 11.4 Å². The molecule has 8 nitrogen and oxygen atoms in total. The second-order valence-corrected chi connectivity index (χ2v) is 7.09. The third-order valence-corrected chi connectivity index (χ3v) is 4.46. The van der Waals surface area contributed by atoms with E-state index in [-0.39, 0.29) is 18.9 Å². The van der Waals surface area contributed by atoms with Crippen molar-refractivity contribution in [3.8, 4) is 0 Å². The summed E-state index contributed by atoms with van der Waals surface area (Å²) in [6.07, 6.45) is 3.02. The van der Waals surface area contributed by atoms with Crippen molar-refractivity contribution in [2.75, 3.05) is 23.3 Å². The van der Waals surface area contributed by atoms with E-state index in [0.717, 1.165) is 6.42 Å². The first-order valence-corrected chi connectivity index (χ1v) is 9.08. The SMILES string of the molecule is CC(O)(CNC(=O)C(=O)Nc1cccc(N2CCCC2=O)c1)Cc1ccco1. The summed E-state index contributed by atoms with van der Waals surface area (Å²) in [5.74, 6) is -1.09. The van der Waals surface area contributed by atoms with Gasteiger partial charge in [-0.25, -0.2) is 0 Å². The number of carbonyl (C=O) groups is 3. The molecule has 0 aliphatic carbocycles. The zero-order valence-corrected chi connectivity index (χ0v) is 15.6. The highest BCUT2D eigenvalue weighted by molar-refractivity contribution is 6.39. The molecule has 1 saturated heterocycles. The number of furan rings is 1. The standard InChI is InChI=1S/C20H23N3O5/c1-20(27,12-16-7-4-10-28-16)13-21-18(25)19(26)22-14-5-2-6-15(11-14)23-9-3-8-17(23)24/h2,4-7,10-11,27H,3,8-9,12-13H2,1H3,(H,21,25)(H,22,26). The number of hydrogen-bond acceptors (Lipinski definition) is 5. The molecule has 1 aromatic carbocycles. The Hall–Kier alpha value is -3.13. The first kappa shape index (κ1) is 19.6. The molecule has 28 heavy (non-hydrogen) atoms. The van der Waals surface area contributed by atoms with Gasteiger partial charge >= 0.3 is 11.8 Å². The molecule has 1 atom stereocenters. The summed E-state index contributed by atoms with van der Waals surface area (Å²) in [4.78, 5) is 37.7. The average molecular weight is 385 g/mol. The van der Waals surface area contributed by atoms with Crippen LogP contribution in [0.3, 0.4) is 0 Å². The predicted molar refractivity (Wildman–Crippen MR) is 103 cm³/mol. The first-order valence-electron chi connectivity index (χ1n) is 9.08. The molecule has 2 heterocycles. The van der Waals surface area contributed by atoms with Gasteiger partial charge in [-0.1, -0.05) is 6.07 Å². The average Bonchev–Trinajstić information content (AvgIpc) is 3.31. The third kappa shape index (κ3) is 4.98. The molecular weight excluding hydrogens is 362 g/mol. The Morgan fingerprint density at radius 1 is 1.25 bits per heavy atom. The number of carbonyl (C=O) groups excluding carboxylic acids is 3. The van der Waals surface area contributed by atoms with Crippen LogP contribution in [0.25, 0.3) is 0 Å². The van der Waals surface area contributed by atoms with E-state index in [1.54, 1.807) is 48.2 Å². The number of nitrogens with zero attached hydrogens (tertiary/aromatic N) is 1. The van der Waals surface area contributed by atoms with Gasteiger partial charge < -0.3 is 25.1 Å². The lowest BCUT2D eigenvalue weighted by molar-refractivity contribution is -0.136. The van der Waals surface area contributed by atoms with Crippen LogP contribution < -0.4 is 15.5 Å². The number of anilines is 2. The van der Waals surface area contributed by atoms with Crippen molar-refractivity contribution in [2.45, 2.75) is 31.8 Å². The molecule has 3 rings (SSSR count). The van der Waals surface area contributed by atoms with Crippen molar-refractivity contribution in [3.63, 3.8) is 0 Å². The van der Waals surface area contributed by atoms with Crippen LogP contribution in [0, 0.1) is 0 Å². The van der Waals surface area contributed by atoms with Gasteiger partial charge in [-0.2, -0.15) is 0 Å². The van der Waals surface area contributed by atoms with E-state index < -0.39 is 17.4 Å². The Balaban J connectivity index is 1.54. The predicted octanol–water partition coefficient (Wildman–Crippen LogP) is 1.45. The van der Waals surface area contributed by atoms with Crippen molar-refractivity contribution in [1.82, 2.24) is 5.32 Å². The van der Waals surface area contributed by atoms with E-state index in [2.05, 4.69) is 10.6 Å². The van der Waals surface area contributed by atoms with E-state index >= 15 is 0 Å². The highest BCUT2D eigenvalue weighted by Gasteiger charge is 2.25. The van der Waals surface area contributed by atoms with Gasteiger partial charge in [-0.15, -0.1) is 0 Å². The molecule has 1 aromatic heterocycles. The molecule has 3 amide bonds. The Labute approximate surface area is 162 Å². The minimum atomic E-state index is -1.26. The molecule has 0 bridgehead atoms. The molecule has 0 radical (unpaired) electrons. The van der Waals surface area contributed by atoms with Crippen molar-refractivity contribution in [3.05, 3.63) is 48.4 Å². The second-order valence-electron chi connectivity index (χ2n) is 7.09. The summed E-state index contributed by atoms with van der Waals surface area (Å²) < 4.78 is 5.18.